The van der Waals surface area contributed by atoms with Crippen LogP contribution in [0.4, 0.5) is 0 Å². The SMILES string of the molecule is CCc1sc2c(C)c(C)sc2c1C. The van der Waals surface area contributed by atoms with E-state index in [2.05, 4.69) is 27.7 Å². The first kappa shape index (κ1) is 9.22. The van der Waals surface area contributed by atoms with E-state index >= 15 is 0 Å². The van der Waals surface area contributed by atoms with E-state index in [0.29, 0.717) is 0 Å². The fourth-order valence-electron chi connectivity index (χ4n) is 1.64. The molecule has 0 N–H and O–H groups in total. The van der Waals surface area contributed by atoms with Gasteiger partial charge in [-0.05, 0) is 38.3 Å². The van der Waals surface area contributed by atoms with E-state index < -0.39 is 0 Å². The quantitative estimate of drug-likeness (QED) is 0.652. The van der Waals surface area contributed by atoms with E-state index in [4.69, 9.17) is 0 Å². The molecule has 0 bridgehead atoms. The van der Waals surface area contributed by atoms with Crippen LogP contribution in [0.3, 0.4) is 0 Å². The van der Waals surface area contributed by atoms with Crippen molar-refractivity contribution in [3.63, 3.8) is 0 Å². The van der Waals surface area contributed by atoms with Gasteiger partial charge in [-0.2, -0.15) is 0 Å². The minimum atomic E-state index is 1.18. The number of hydrogen-bond acceptors (Lipinski definition) is 2. The Labute approximate surface area is 87.2 Å². The van der Waals surface area contributed by atoms with Gasteiger partial charge in [-0.3, -0.25) is 0 Å². The molecule has 2 aromatic heterocycles. The van der Waals surface area contributed by atoms with Crippen molar-refractivity contribution in [2.45, 2.75) is 34.1 Å². The van der Waals surface area contributed by atoms with Crippen molar-refractivity contribution < 1.29 is 0 Å². The zero-order valence-corrected chi connectivity index (χ0v) is 10.2. The zero-order valence-electron chi connectivity index (χ0n) is 8.52. The monoisotopic (exact) mass is 210 g/mol. The van der Waals surface area contributed by atoms with Crippen molar-refractivity contribution in [1.82, 2.24) is 0 Å². The highest BCUT2D eigenvalue weighted by Crippen LogP contribution is 2.40. The molecule has 0 amide bonds. The minimum Gasteiger partial charge on any atom is -0.139 e. The Kier molecular flexibility index (Phi) is 2.20. The van der Waals surface area contributed by atoms with Crippen LogP contribution < -0.4 is 0 Å². The largest absolute Gasteiger partial charge is 0.139 e. The van der Waals surface area contributed by atoms with Crippen LogP contribution >= 0.6 is 22.7 Å². The van der Waals surface area contributed by atoms with E-state index in [-0.39, 0.29) is 0 Å². The average Bonchev–Trinajstić information content (AvgIpc) is 2.56. The summed E-state index contributed by atoms with van der Waals surface area (Å²) in [5.74, 6) is 0. The van der Waals surface area contributed by atoms with Crippen molar-refractivity contribution in [1.29, 1.82) is 0 Å². The third kappa shape index (κ3) is 1.24. The predicted molar refractivity (Wildman–Crippen MR) is 63.3 cm³/mol. The lowest BCUT2D eigenvalue weighted by Crippen LogP contribution is -1.74. The van der Waals surface area contributed by atoms with Crippen LogP contribution in [0.15, 0.2) is 0 Å². The van der Waals surface area contributed by atoms with Gasteiger partial charge in [0.15, 0.2) is 0 Å². The summed E-state index contributed by atoms with van der Waals surface area (Å²) in [5.41, 5.74) is 3.01. The van der Waals surface area contributed by atoms with E-state index in [1.165, 1.54) is 31.8 Å². The summed E-state index contributed by atoms with van der Waals surface area (Å²) in [6.07, 6.45) is 1.18. The molecule has 0 aromatic carbocycles. The summed E-state index contributed by atoms with van der Waals surface area (Å²) < 4.78 is 3.05. The Hall–Kier alpha value is -0.340. The highest BCUT2D eigenvalue weighted by Gasteiger charge is 2.12. The maximum absolute atomic E-state index is 2.26. The molecule has 0 aliphatic heterocycles. The second kappa shape index (κ2) is 3.10. The third-order valence-electron chi connectivity index (χ3n) is 2.64. The molecule has 0 aliphatic rings. The highest BCUT2D eigenvalue weighted by atomic mass is 32.1. The zero-order chi connectivity index (χ0) is 9.59. The summed E-state index contributed by atoms with van der Waals surface area (Å²) in [6, 6.07) is 0. The lowest BCUT2D eigenvalue weighted by atomic mass is 10.2. The van der Waals surface area contributed by atoms with Crippen molar-refractivity contribution >= 4 is 32.1 Å². The minimum absolute atomic E-state index is 1.18. The third-order valence-corrected chi connectivity index (χ3v) is 5.65. The summed E-state index contributed by atoms with van der Waals surface area (Å²) in [6.45, 7) is 8.96. The van der Waals surface area contributed by atoms with Gasteiger partial charge in [-0.1, -0.05) is 6.92 Å². The van der Waals surface area contributed by atoms with Crippen LogP contribution in [0.1, 0.15) is 27.8 Å². The number of rotatable bonds is 1. The van der Waals surface area contributed by atoms with Crippen LogP contribution in [0.25, 0.3) is 9.40 Å². The number of fused-ring (bicyclic) bond motifs is 1. The second-order valence-corrected chi connectivity index (χ2v) is 5.78. The van der Waals surface area contributed by atoms with Gasteiger partial charge in [-0.25, -0.2) is 0 Å². The van der Waals surface area contributed by atoms with Crippen molar-refractivity contribution in [3.8, 4) is 0 Å². The fourth-order valence-corrected chi connectivity index (χ4v) is 4.30. The van der Waals surface area contributed by atoms with Gasteiger partial charge in [0.1, 0.15) is 0 Å². The molecule has 0 atom stereocenters. The molecule has 0 aliphatic carbocycles. The van der Waals surface area contributed by atoms with E-state index in [0.717, 1.165) is 0 Å². The molecule has 0 unspecified atom stereocenters. The first-order valence-electron chi connectivity index (χ1n) is 4.63. The lowest BCUT2D eigenvalue weighted by Gasteiger charge is -1.91. The summed E-state index contributed by atoms with van der Waals surface area (Å²) in [4.78, 5) is 3.04. The van der Waals surface area contributed by atoms with Crippen LogP contribution in [0, 0.1) is 20.8 Å². The van der Waals surface area contributed by atoms with E-state index in [1.54, 1.807) is 4.88 Å². The standard InChI is InChI=1S/C11H14S2/c1-5-9-7(3)11-10(13-9)6(2)8(4)12-11/h5H2,1-4H3. The Balaban J connectivity index is 2.81. The number of hydrogen-bond donors (Lipinski definition) is 0. The van der Waals surface area contributed by atoms with Gasteiger partial charge in [0.2, 0.25) is 0 Å². The predicted octanol–water partition coefficient (Wildman–Crippen LogP) is 4.45. The molecule has 0 radical (unpaired) electrons. The van der Waals surface area contributed by atoms with Crippen LogP contribution in [-0.2, 0) is 6.42 Å². The maximum atomic E-state index is 2.26. The topological polar surface area (TPSA) is 0 Å². The molecule has 2 heterocycles. The van der Waals surface area contributed by atoms with Crippen molar-refractivity contribution in [2.24, 2.45) is 0 Å². The summed E-state index contributed by atoms with van der Waals surface area (Å²) in [7, 11) is 0. The molecule has 13 heavy (non-hydrogen) atoms. The smallest absolute Gasteiger partial charge is 0.0488 e. The number of thiophene rings is 2. The van der Waals surface area contributed by atoms with E-state index in [9.17, 15) is 0 Å². The Bertz CT molecular complexity index is 446. The molecule has 0 spiro atoms. The van der Waals surface area contributed by atoms with Crippen LogP contribution in [0.2, 0.25) is 0 Å². The van der Waals surface area contributed by atoms with Crippen molar-refractivity contribution in [2.75, 3.05) is 0 Å². The highest BCUT2D eigenvalue weighted by molar-refractivity contribution is 7.28. The Morgan fingerprint density at radius 3 is 2.08 bits per heavy atom. The van der Waals surface area contributed by atoms with Gasteiger partial charge < -0.3 is 0 Å². The van der Waals surface area contributed by atoms with Gasteiger partial charge in [-0.15, -0.1) is 22.7 Å². The first-order valence-corrected chi connectivity index (χ1v) is 6.26. The molecule has 2 heteroatoms. The Morgan fingerprint density at radius 1 is 0.923 bits per heavy atom. The molecule has 0 saturated heterocycles. The first-order chi connectivity index (χ1) is 6.15. The van der Waals surface area contributed by atoms with Gasteiger partial charge >= 0.3 is 0 Å². The van der Waals surface area contributed by atoms with Crippen molar-refractivity contribution in [3.05, 3.63) is 20.9 Å². The normalized spacial score (nSPS) is 11.4. The lowest BCUT2D eigenvalue weighted by molar-refractivity contribution is 1.16. The summed E-state index contributed by atoms with van der Waals surface area (Å²) in [5, 5.41) is 0. The average molecular weight is 210 g/mol. The fraction of sp³-hybridized carbons (Fsp3) is 0.455. The molecule has 2 aromatic rings. The molecule has 0 saturated carbocycles. The molecular formula is C11H14S2. The molecule has 70 valence electrons. The maximum Gasteiger partial charge on any atom is 0.0488 e. The van der Waals surface area contributed by atoms with E-state index in [1.807, 2.05) is 22.7 Å². The van der Waals surface area contributed by atoms with Gasteiger partial charge in [0.25, 0.3) is 0 Å². The molecule has 0 nitrogen and oxygen atoms in total. The molecule has 2 rings (SSSR count). The number of aryl methyl sites for hydroxylation is 4. The Morgan fingerprint density at radius 2 is 1.54 bits per heavy atom. The van der Waals surface area contributed by atoms with Gasteiger partial charge in [0, 0.05) is 19.2 Å². The van der Waals surface area contributed by atoms with Crippen LogP contribution in [0.5, 0.6) is 0 Å². The van der Waals surface area contributed by atoms with Gasteiger partial charge in [0.05, 0.1) is 0 Å². The van der Waals surface area contributed by atoms with Crippen LogP contribution in [-0.4, -0.2) is 0 Å². The molecule has 0 fully saturated rings. The molecular weight excluding hydrogens is 196 g/mol. The summed E-state index contributed by atoms with van der Waals surface area (Å²) >= 11 is 3.93. The second-order valence-electron chi connectivity index (χ2n) is 3.45.